The van der Waals surface area contributed by atoms with Gasteiger partial charge in [0.2, 0.25) is 0 Å². The average Bonchev–Trinajstić information content (AvgIpc) is 2.42. The summed E-state index contributed by atoms with van der Waals surface area (Å²) in [5.41, 5.74) is -0.566. The van der Waals surface area contributed by atoms with E-state index in [1.807, 2.05) is 20.8 Å². The average molecular weight is 315 g/mol. The van der Waals surface area contributed by atoms with E-state index in [-0.39, 0.29) is 18.0 Å². The second kappa shape index (κ2) is 7.81. The van der Waals surface area contributed by atoms with Gasteiger partial charge in [0.25, 0.3) is 0 Å². The first kappa shape index (κ1) is 18.7. The molecule has 6 heteroatoms. The summed E-state index contributed by atoms with van der Waals surface area (Å²) >= 11 is 0. The van der Waals surface area contributed by atoms with Crippen molar-refractivity contribution >= 4 is 12.1 Å². The molecule has 0 radical (unpaired) electrons. The molecule has 2 unspecified atom stereocenters. The Kier molecular flexibility index (Phi) is 6.66. The van der Waals surface area contributed by atoms with Gasteiger partial charge in [-0.2, -0.15) is 0 Å². The molecule has 0 spiro atoms. The van der Waals surface area contributed by atoms with E-state index in [9.17, 15) is 9.59 Å². The number of carbonyl (C=O) groups is 2. The summed E-state index contributed by atoms with van der Waals surface area (Å²) in [6, 6.07) is 0. The number of carbonyl (C=O) groups excluding carboxylic acids is 2. The lowest BCUT2D eigenvalue weighted by molar-refractivity contribution is -0.150. The summed E-state index contributed by atoms with van der Waals surface area (Å²) in [7, 11) is 1.36. The van der Waals surface area contributed by atoms with Gasteiger partial charge in [0.15, 0.2) is 0 Å². The van der Waals surface area contributed by atoms with Crippen LogP contribution in [0.1, 0.15) is 41.0 Å². The van der Waals surface area contributed by atoms with E-state index >= 15 is 0 Å². The van der Waals surface area contributed by atoms with Crippen LogP contribution in [0.25, 0.3) is 0 Å². The summed E-state index contributed by atoms with van der Waals surface area (Å²) < 4.78 is 16.0. The van der Waals surface area contributed by atoms with Crippen molar-refractivity contribution in [1.82, 2.24) is 4.90 Å². The Morgan fingerprint density at radius 1 is 1.23 bits per heavy atom. The summed E-state index contributed by atoms with van der Waals surface area (Å²) in [4.78, 5) is 25.6. The Labute approximate surface area is 133 Å². The van der Waals surface area contributed by atoms with Gasteiger partial charge in [-0.05, 0) is 33.1 Å². The smallest absolute Gasteiger partial charge is 0.410 e. The van der Waals surface area contributed by atoms with E-state index < -0.39 is 11.7 Å². The first-order valence-electron chi connectivity index (χ1n) is 7.79. The molecule has 0 N–H and O–H groups in total. The lowest BCUT2D eigenvalue weighted by Crippen LogP contribution is -2.50. The lowest BCUT2D eigenvalue weighted by Gasteiger charge is -2.37. The quantitative estimate of drug-likeness (QED) is 0.746. The van der Waals surface area contributed by atoms with Gasteiger partial charge in [-0.1, -0.05) is 13.8 Å². The second-order valence-corrected chi connectivity index (χ2v) is 7.19. The molecule has 0 aromatic carbocycles. The first-order valence-corrected chi connectivity index (χ1v) is 7.79. The van der Waals surface area contributed by atoms with E-state index in [1.54, 1.807) is 4.90 Å². The zero-order chi connectivity index (χ0) is 16.9. The van der Waals surface area contributed by atoms with Gasteiger partial charge in [-0.25, -0.2) is 4.79 Å². The highest BCUT2D eigenvalue weighted by Crippen LogP contribution is 2.23. The molecule has 128 valence electrons. The Morgan fingerprint density at radius 2 is 1.86 bits per heavy atom. The fourth-order valence-corrected chi connectivity index (χ4v) is 2.32. The monoisotopic (exact) mass is 315 g/mol. The SMILES string of the molecule is COC(=O)C1CC(OCC(C)C)CN(C(=O)OC(C)(C)C)C1. The minimum Gasteiger partial charge on any atom is -0.469 e. The van der Waals surface area contributed by atoms with Crippen molar-refractivity contribution in [2.75, 3.05) is 26.8 Å². The van der Waals surface area contributed by atoms with Gasteiger partial charge in [0.1, 0.15) is 5.60 Å². The van der Waals surface area contributed by atoms with Crippen LogP contribution < -0.4 is 0 Å². The molecule has 0 aromatic rings. The van der Waals surface area contributed by atoms with Crippen molar-refractivity contribution in [3.63, 3.8) is 0 Å². The van der Waals surface area contributed by atoms with Crippen molar-refractivity contribution < 1.29 is 23.8 Å². The van der Waals surface area contributed by atoms with Gasteiger partial charge in [0.05, 0.1) is 25.7 Å². The van der Waals surface area contributed by atoms with Crippen LogP contribution in [0.2, 0.25) is 0 Å². The molecule has 1 aliphatic rings. The molecule has 6 nitrogen and oxygen atoms in total. The van der Waals surface area contributed by atoms with Gasteiger partial charge in [-0.15, -0.1) is 0 Å². The number of methoxy groups -OCH3 is 1. The molecular weight excluding hydrogens is 286 g/mol. The molecule has 0 saturated carbocycles. The maximum Gasteiger partial charge on any atom is 0.410 e. The highest BCUT2D eigenvalue weighted by atomic mass is 16.6. The molecule has 1 heterocycles. The Balaban J connectivity index is 2.74. The number of hydrogen-bond donors (Lipinski definition) is 0. The summed E-state index contributed by atoms with van der Waals surface area (Å²) in [6.45, 7) is 10.9. The summed E-state index contributed by atoms with van der Waals surface area (Å²) in [5, 5.41) is 0. The molecule has 1 aliphatic heterocycles. The maximum atomic E-state index is 12.2. The Morgan fingerprint density at radius 3 is 2.36 bits per heavy atom. The molecule has 1 amide bonds. The highest BCUT2D eigenvalue weighted by molar-refractivity contribution is 5.75. The van der Waals surface area contributed by atoms with Crippen molar-refractivity contribution in [2.24, 2.45) is 11.8 Å². The number of likely N-dealkylation sites (tertiary alicyclic amines) is 1. The van der Waals surface area contributed by atoms with Crippen LogP contribution in [-0.4, -0.2) is 55.5 Å². The third kappa shape index (κ3) is 6.22. The van der Waals surface area contributed by atoms with Gasteiger partial charge < -0.3 is 19.1 Å². The lowest BCUT2D eigenvalue weighted by atomic mass is 9.96. The van der Waals surface area contributed by atoms with Crippen molar-refractivity contribution in [3.8, 4) is 0 Å². The Bertz CT molecular complexity index is 388. The fourth-order valence-electron chi connectivity index (χ4n) is 2.32. The number of amides is 1. The maximum absolute atomic E-state index is 12.2. The zero-order valence-electron chi connectivity index (χ0n) is 14.5. The number of piperidine rings is 1. The van der Waals surface area contributed by atoms with Crippen LogP contribution in [-0.2, 0) is 19.0 Å². The van der Waals surface area contributed by atoms with Gasteiger partial charge in [0, 0.05) is 13.2 Å². The van der Waals surface area contributed by atoms with Gasteiger partial charge in [-0.3, -0.25) is 4.79 Å². The summed E-state index contributed by atoms with van der Waals surface area (Å²) in [6.07, 6.45) is -0.0226. The molecule has 2 atom stereocenters. The van der Waals surface area contributed by atoms with Crippen molar-refractivity contribution in [1.29, 1.82) is 0 Å². The molecule has 22 heavy (non-hydrogen) atoms. The minimum atomic E-state index is -0.566. The third-order valence-corrected chi connectivity index (χ3v) is 3.26. The molecule has 0 bridgehead atoms. The van der Waals surface area contributed by atoms with Gasteiger partial charge >= 0.3 is 12.1 Å². The molecule has 1 rings (SSSR count). The standard InChI is InChI=1S/C16H29NO5/c1-11(2)10-21-13-7-12(14(18)20-6)8-17(9-13)15(19)22-16(3,4)5/h11-13H,7-10H2,1-6H3. The predicted octanol–water partition coefficient (Wildman–Crippen LogP) is 2.46. The molecule has 0 aliphatic carbocycles. The largest absolute Gasteiger partial charge is 0.469 e. The third-order valence-electron chi connectivity index (χ3n) is 3.26. The van der Waals surface area contributed by atoms with Crippen LogP contribution in [0.3, 0.4) is 0 Å². The molecule has 1 fully saturated rings. The normalized spacial score (nSPS) is 22.6. The summed E-state index contributed by atoms with van der Waals surface area (Å²) in [5.74, 6) is -0.289. The number of rotatable bonds is 4. The number of nitrogens with zero attached hydrogens (tertiary/aromatic N) is 1. The Hall–Kier alpha value is -1.30. The zero-order valence-corrected chi connectivity index (χ0v) is 14.5. The van der Waals surface area contributed by atoms with Crippen LogP contribution >= 0.6 is 0 Å². The van der Waals surface area contributed by atoms with E-state index in [2.05, 4.69) is 13.8 Å². The highest BCUT2D eigenvalue weighted by Gasteiger charge is 2.36. The van der Waals surface area contributed by atoms with E-state index in [4.69, 9.17) is 14.2 Å². The number of esters is 1. The minimum absolute atomic E-state index is 0.173. The topological polar surface area (TPSA) is 65.1 Å². The van der Waals surface area contributed by atoms with E-state index in [1.165, 1.54) is 7.11 Å². The van der Waals surface area contributed by atoms with Crippen LogP contribution in [0.15, 0.2) is 0 Å². The first-order chi connectivity index (χ1) is 10.1. The second-order valence-electron chi connectivity index (χ2n) is 7.19. The molecular formula is C16H29NO5. The van der Waals surface area contributed by atoms with E-state index in [0.717, 1.165) is 0 Å². The van der Waals surface area contributed by atoms with Crippen LogP contribution in [0.4, 0.5) is 4.79 Å². The van der Waals surface area contributed by atoms with Crippen molar-refractivity contribution in [2.45, 2.75) is 52.7 Å². The predicted molar refractivity (Wildman–Crippen MR) is 82.5 cm³/mol. The number of ether oxygens (including phenoxy) is 3. The number of hydrogen-bond acceptors (Lipinski definition) is 5. The fraction of sp³-hybridized carbons (Fsp3) is 0.875. The van der Waals surface area contributed by atoms with E-state index in [0.29, 0.717) is 32.0 Å². The molecule has 1 saturated heterocycles. The van der Waals surface area contributed by atoms with Crippen molar-refractivity contribution in [3.05, 3.63) is 0 Å². The van der Waals surface area contributed by atoms with Crippen LogP contribution in [0.5, 0.6) is 0 Å². The molecule has 0 aromatic heterocycles. The van der Waals surface area contributed by atoms with Crippen LogP contribution in [0, 0.1) is 11.8 Å².